The van der Waals surface area contributed by atoms with E-state index < -0.39 is 0 Å². The number of nitrogens with two attached hydrogens (primary N) is 1. The van der Waals surface area contributed by atoms with Crippen LogP contribution in [0.4, 0.5) is 5.69 Å². The second-order valence-electron chi connectivity index (χ2n) is 8.07. The molecular formula is C24H29IN6O. The maximum absolute atomic E-state index is 13.0. The smallest absolute Gasteiger partial charge is 0.253 e. The van der Waals surface area contributed by atoms with Crippen molar-refractivity contribution in [1.29, 1.82) is 5.26 Å². The number of guanidine groups is 1. The molecule has 0 saturated heterocycles. The van der Waals surface area contributed by atoms with Crippen molar-refractivity contribution in [2.75, 3.05) is 19.3 Å². The maximum Gasteiger partial charge on any atom is 0.253 e. The number of amides is 1. The molecule has 0 aromatic heterocycles. The summed E-state index contributed by atoms with van der Waals surface area (Å²) >= 11 is 2.25. The quantitative estimate of drug-likeness (QED) is 0.111. The summed E-state index contributed by atoms with van der Waals surface area (Å²) in [6.07, 6.45) is 5.44. The molecule has 0 atom stereocenters. The fourth-order valence-electron chi connectivity index (χ4n) is 4.35. The molecule has 32 heavy (non-hydrogen) atoms. The van der Waals surface area contributed by atoms with Gasteiger partial charge in [0.05, 0.1) is 5.56 Å². The van der Waals surface area contributed by atoms with E-state index in [1.54, 1.807) is 13.1 Å². The first kappa shape index (κ1) is 23.9. The first-order valence-electron chi connectivity index (χ1n) is 10.7. The summed E-state index contributed by atoms with van der Waals surface area (Å²) in [6, 6.07) is 16.2. The lowest BCUT2D eigenvalue weighted by Gasteiger charge is -2.41. The van der Waals surface area contributed by atoms with Gasteiger partial charge in [-0.15, -0.1) is 4.99 Å². The molecule has 0 spiro atoms. The van der Waals surface area contributed by atoms with Gasteiger partial charge in [-0.3, -0.25) is 4.79 Å². The van der Waals surface area contributed by atoms with Gasteiger partial charge in [0.15, 0.2) is 0 Å². The third-order valence-corrected chi connectivity index (χ3v) is 7.06. The van der Waals surface area contributed by atoms with E-state index in [1.807, 2.05) is 36.5 Å². The SMILES string of the molecule is CN/C(=N\C#N)N[C@H]1CC[C@](CNC(=O)c2cccc(CI)c2N)(c2ccccc2)CC1. The number of rotatable bonds is 6. The molecule has 2 aromatic rings. The summed E-state index contributed by atoms with van der Waals surface area (Å²) in [5.74, 6) is 0.354. The number of carbonyl (C=O) groups is 1. The molecule has 1 amide bonds. The van der Waals surface area contributed by atoms with Crippen LogP contribution in [-0.4, -0.2) is 31.5 Å². The van der Waals surface area contributed by atoms with Gasteiger partial charge >= 0.3 is 0 Å². The molecule has 1 aliphatic carbocycles. The highest BCUT2D eigenvalue weighted by atomic mass is 127. The Morgan fingerprint density at radius 1 is 1.22 bits per heavy atom. The zero-order chi connectivity index (χ0) is 23.0. The van der Waals surface area contributed by atoms with Gasteiger partial charge in [-0.25, -0.2) is 0 Å². The van der Waals surface area contributed by atoms with Crippen LogP contribution in [-0.2, 0) is 9.84 Å². The molecule has 0 unspecified atom stereocenters. The number of alkyl halides is 1. The lowest BCUT2D eigenvalue weighted by Crippen LogP contribution is -2.49. The summed E-state index contributed by atoms with van der Waals surface area (Å²) in [5.41, 5.74) is 9.37. The maximum atomic E-state index is 13.0. The van der Waals surface area contributed by atoms with Gasteiger partial charge in [-0.1, -0.05) is 65.1 Å². The Bertz CT molecular complexity index is 993. The van der Waals surface area contributed by atoms with Crippen LogP contribution in [0, 0.1) is 11.5 Å². The first-order chi connectivity index (χ1) is 15.5. The number of nitrogens with one attached hydrogen (secondary N) is 3. The Balaban J connectivity index is 1.75. The van der Waals surface area contributed by atoms with Crippen molar-refractivity contribution in [2.45, 2.75) is 41.6 Å². The fourth-order valence-corrected chi connectivity index (χ4v) is 5.02. The highest BCUT2D eigenvalue weighted by molar-refractivity contribution is 14.1. The Morgan fingerprint density at radius 2 is 1.94 bits per heavy atom. The number of hydrogen-bond donors (Lipinski definition) is 4. The molecule has 3 rings (SSSR count). The van der Waals surface area contributed by atoms with E-state index in [0.29, 0.717) is 23.8 Å². The van der Waals surface area contributed by atoms with Crippen molar-refractivity contribution in [2.24, 2.45) is 4.99 Å². The number of halogens is 1. The minimum Gasteiger partial charge on any atom is -0.398 e. The standard InChI is InChI=1S/C24H29IN6O/c1-28-23(30-16-26)31-19-10-12-24(13-11-19,18-7-3-2-4-8-18)15-29-22(32)20-9-5-6-17(14-25)21(20)27/h2-9,19H,10-15,27H2,1H3,(H,29,32)(H2,28,30,31)/t19-,24-. The first-order valence-corrected chi connectivity index (χ1v) is 12.2. The zero-order valence-electron chi connectivity index (χ0n) is 18.2. The molecule has 168 valence electrons. The van der Waals surface area contributed by atoms with Gasteiger partial charge in [0, 0.05) is 35.2 Å². The highest BCUT2D eigenvalue weighted by Gasteiger charge is 2.37. The number of anilines is 1. The zero-order valence-corrected chi connectivity index (χ0v) is 20.4. The number of hydrogen-bond acceptors (Lipinski definition) is 4. The monoisotopic (exact) mass is 544 g/mol. The molecule has 0 aliphatic heterocycles. The lowest BCUT2D eigenvalue weighted by atomic mass is 9.68. The Kier molecular flexibility index (Phi) is 8.33. The fraction of sp³-hybridized carbons (Fsp3) is 0.375. The van der Waals surface area contributed by atoms with Crippen molar-refractivity contribution in [1.82, 2.24) is 16.0 Å². The van der Waals surface area contributed by atoms with Gasteiger partial charge in [0.2, 0.25) is 12.2 Å². The second kappa shape index (κ2) is 11.2. The average Bonchev–Trinajstić information content (AvgIpc) is 2.84. The minimum atomic E-state index is -0.156. The normalized spacial score (nSPS) is 20.8. The Labute approximate surface area is 203 Å². The van der Waals surface area contributed by atoms with Crippen molar-refractivity contribution in [3.05, 3.63) is 65.2 Å². The highest BCUT2D eigenvalue weighted by Crippen LogP contribution is 2.39. The predicted octanol–water partition coefficient (Wildman–Crippen LogP) is 3.46. The van der Waals surface area contributed by atoms with Gasteiger partial charge in [0.25, 0.3) is 5.91 Å². The number of benzene rings is 2. The Morgan fingerprint density at radius 3 is 2.56 bits per heavy atom. The number of nitrogen functional groups attached to an aromatic ring is 1. The third-order valence-electron chi connectivity index (χ3n) is 6.24. The molecule has 1 aliphatic rings. The number of nitrogens with zero attached hydrogens (tertiary/aromatic N) is 2. The molecule has 0 heterocycles. The number of carbonyl (C=O) groups excluding carboxylic acids is 1. The van der Waals surface area contributed by atoms with E-state index in [-0.39, 0.29) is 17.4 Å². The minimum absolute atomic E-state index is 0.136. The van der Waals surface area contributed by atoms with Crippen LogP contribution < -0.4 is 21.7 Å². The number of nitriles is 1. The topological polar surface area (TPSA) is 115 Å². The molecule has 8 heteroatoms. The summed E-state index contributed by atoms with van der Waals surface area (Å²) in [5, 5.41) is 18.2. The van der Waals surface area contributed by atoms with E-state index in [4.69, 9.17) is 11.0 Å². The van der Waals surface area contributed by atoms with Crippen molar-refractivity contribution in [3.8, 4) is 6.19 Å². The van der Waals surface area contributed by atoms with Gasteiger partial charge < -0.3 is 21.7 Å². The largest absolute Gasteiger partial charge is 0.398 e. The third kappa shape index (κ3) is 5.51. The van der Waals surface area contributed by atoms with Crippen LogP contribution in [0.5, 0.6) is 0 Å². The van der Waals surface area contributed by atoms with Crippen LogP contribution >= 0.6 is 22.6 Å². The van der Waals surface area contributed by atoms with Crippen molar-refractivity contribution < 1.29 is 4.79 Å². The van der Waals surface area contributed by atoms with Crippen LogP contribution in [0.1, 0.15) is 47.2 Å². The summed E-state index contributed by atoms with van der Waals surface area (Å²) < 4.78 is 0.761. The molecule has 2 aromatic carbocycles. The van der Waals surface area contributed by atoms with E-state index >= 15 is 0 Å². The molecule has 0 radical (unpaired) electrons. The van der Waals surface area contributed by atoms with E-state index in [1.165, 1.54) is 5.56 Å². The number of aliphatic imine (C=N–C) groups is 1. The molecule has 5 N–H and O–H groups in total. The van der Waals surface area contributed by atoms with E-state index in [2.05, 4.69) is 55.7 Å². The molecule has 1 fully saturated rings. The van der Waals surface area contributed by atoms with Crippen LogP contribution in [0.3, 0.4) is 0 Å². The van der Waals surface area contributed by atoms with Gasteiger partial charge in [0.1, 0.15) is 0 Å². The lowest BCUT2D eigenvalue weighted by molar-refractivity contribution is 0.0936. The van der Waals surface area contributed by atoms with Gasteiger partial charge in [-0.05, 0) is 42.9 Å². The van der Waals surface area contributed by atoms with Crippen LogP contribution in [0.15, 0.2) is 53.5 Å². The Hall–Kier alpha value is -2.80. The summed E-state index contributed by atoms with van der Waals surface area (Å²) in [6.45, 7) is 0.543. The predicted molar refractivity (Wildman–Crippen MR) is 137 cm³/mol. The van der Waals surface area contributed by atoms with Gasteiger partial charge in [-0.2, -0.15) is 5.26 Å². The van der Waals surface area contributed by atoms with E-state index in [0.717, 1.165) is 35.7 Å². The molecule has 7 nitrogen and oxygen atoms in total. The molecule has 0 bridgehead atoms. The molecule has 1 saturated carbocycles. The average molecular weight is 544 g/mol. The molecular weight excluding hydrogens is 515 g/mol. The van der Waals surface area contributed by atoms with Crippen molar-refractivity contribution in [3.63, 3.8) is 0 Å². The second-order valence-corrected chi connectivity index (χ2v) is 8.83. The van der Waals surface area contributed by atoms with Crippen LogP contribution in [0.25, 0.3) is 0 Å². The van der Waals surface area contributed by atoms with Crippen molar-refractivity contribution >= 4 is 40.1 Å². The summed E-state index contributed by atoms with van der Waals surface area (Å²) in [4.78, 5) is 16.8. The summed E-state index contributed by atoms with van der Waals surface area (Å²) in [7, 11) is 1.74. The van der Waals surface area contributed by atoms with E-state index in [9.17, 15) is 4.79 Å². The number of para-hydroxylation sites is 1. The van der Waals surface area contributed by atoms with Crippen LogP contribution in [0.2, 0.25) is 0 Å².